The Kier molecular flexibility index (Phi) is 7.98. The van der Waals surface area contributed by atoms with E-state index in [0.29, 0.717) is 17.7 Å². The fraction of sp³-hybridized carbons (Fsp3) is 0.321. The number of para-hydroxylation sites is 1. The molecule has 1 aliphatic carbocycles. The van der Waals surface area contributed by atoms with Crippen molar-refractivity contribution in [2.45, 2.75) is 51.1 Å². The standard InChI is InChI=1S/C28H31N3O4/c1-2-20-11-6-9-16-23(20)31(25(32)19-29-27(33)24-17-10-18-35-24)26(21-12-4-3-5-13-21)28(34)30-22-14-7-8-15-22/h3-6,9-13,16-18,22,26H,2,7-8,14-15,19H2,1H3,(H,29,33)(H,30,34)/t26-/m1/s1. The number of hydrogen-bond acceptors (Lipinski definition) is 4. The first-order chi connectivity index (χ1) is 17.1. The van der Waals surface area contributed by atoms with Crippen molar-refractivity contribution in [2.75, 3.05) is 11.4 Å². The number of carbonyl (C=O) groups is 3. The van der Waals surface area contributed by atoms with E-state index in [1.165, 1.54) is 17.2 Å². The molecule has 3 aromatic rings. The monoisotopic (exact) mass is 473 g/mol. The Balaban J connectivity index is 1.70. The molecule has 7 heteroatoms. The van der Waals surface area contributed by atoms with Gasteiger partial charge in [0.1, 0.15) is 6.04 Å². The van der Waals surface area contributed by atoms with Crippen LogP contribution in [0.3, 0.4) is 0 Å². The first kappa shape index (κ1) is 24.3. The van der Waals surface area contributed by atoms with Crippen molar-refractivity contribution >= 4 is 23.4 Å². The maximum atomic E-state index is 13.7. The molecule has 4 rings (SSSR count). The van der Waals surface area contributed by atoms with Crippen LogP contribution in [-0.2, 0) is 16.0 Å². The highest BCUT2D eigenvalue weighted by atomic mass is 16.3. The Bertz CT molecular complexity index is 1140. The number of anilines is 1. The van der Waals surface area contributed by atoms with E-state index in [4.69, 9.17) is 4.42 Å². The first-order valence-electron chi connectivity index (χ1n) is 12.2. The Labute approximate surface area is 205 Å². The lowest BCUT2D eigenvalue weighted by Gasteiger charge is -2.33. The smallest absolute Gasteiger partial charge is 0.287 e. The van der Waals surface area contributed by atoms with Crippen molar-refractivity contribution in [1.29, 1.82) is 0 Å². The van der Waals surface area contributed by atoms with E-state index >= 15 is 0 Å². The van der Waals surface area contributed by atoms with Gasteiger partial charge in [-0.2, -0.15) is 0 Å². The summed E-state index contributed by atoms with van der Waals surface area (Å²) in [6, 6.07) is 19.3. The average Bonchev–Trinajstić information content (AvgIpc) is 3.61. The summed E-state index contributed by atoms with van der Waals surface area (Å²) < 4.78 is 5.14. The summed E-state index contributed by atoms with van der Waals surface area (Å²) in [4.78, 5) is 41.4. The number of benzene rings is 2. The van der Waals surface area contributed by atoms with Crippen molar-refractivity contribution < 1.29 is 18.8 Å². The second-order valence-corrected chi connectivity index (χ2v) is 8.71. The lowest BCUT2D eigenvalue weighted by atomic mass is 10.0. The summed E-state index contributed by atoms with van der Waals surface area (Å²) >= 11 is 0. The van der Waals surface area contributed by atoms with Crippen molar-refractivity contribution in [3.05, 3.63) is 89.9 Å². The molecule has 0 saturated heterocycles. The molecule has 35 heavy (non-hydrogen) atoms. The minimum Gasteiger partial charge on any atom is -0.459 e. The van der Waals surface area contributed by atoms with Crippen LogP contribution in [0.15, 0.2) is 77.4 Å². The maximum absolute atomic E-state index is 13.7. The van der Waals surface area contributed by atoms with Gasteiger partial charge in [0.2, 0.25) is 11.8 Å². The minimum atomic E-state index is -0.877. The van der Waals surface area contributed by atoms with Crippen LogP contribution >= 0.6 is 0 Å². The Morgan fingerprint density at radius 3 is 2.37 bits per heavy atom. The van der Waals surface area contributed by atoms with Crippen LogP contribution in [0, 0.1) is 0 Å². The van der Waals surface area contributed by atoms with E-state index in [0.717, 1.165) is 31.2 Å². The summed E-state index contributed by atoms with van der Waals surface area (Å²) in [6.07, 6.45) is 6.13. The third kappa shape index (κ3) is 5.80. The van der Waals surface area contributed by atoms with Gasteiger partial charge < -0.3 is 15.1 Å². The zero-order valence-corrected chi connectivity index (χ0v) is 19.9. The molecule has 0 unspecified atom stereocenters. The van der Waals surface area contributed by atoms with Gasteiger partial charge in [0.25, 0.3) is 5.91 Å². The average molecular weight is 474 g/mol. The molecular weight excluding hydrogens is 442 g/mol. The van der Waals surface area contributed by atoms with E-state index in [-0.39, 0.29) is 30.2 Å². The second kappa shape index (κ2) is 11.5. The van der Waals surface area contributed by atoms with Gasteiger partial charge in [-0.3, -0.25) is 19.3 Å². The number of nitrogens with one attached hydrogen (secondary N) is 2. The van der Waals surface area contributed by atoms with Crippen LogP contribution in [0.4, 0.5) is 5.69 Å². The molecule has 1 aliphatic rings. The van der Waals surface area contributed by atoms with Gasteiger partial charge in [-0.05, 0) is 48.6 Å². The topological polar surface area (TPSA) is 91.7 Å². The summed E-state index contributed by atoms with van der Waals surface area (Å²) in [6.45, 7) is 1.73. The molecule has 2 N–H and O–H groups in total. The molecule has 7 nitrogen and oxygen atoms in total. The number of amides is 3. The van der Waals surface area contributed by atoms with Crippen molar-refractivity contribution in [3.63, 3.8) is 0 Å². The Morgan fingerprint density at radius 1 is 0.971 bits per heavy atom. The highest BCUT2D eigenvalue weighted by Gasteiger charge is 2.35. The molecule has 1 heterocycles. The number of furan rings is 1. The van der Waals surface area contributed by atoms with Gasteiger partial charge in [0, 0.05) is 11.7 Å². The number of hydrogen-bond donors (Lipinski definition) is 2. The van der Waals surface area contributed by atoms with Crippen molar-refractivity contribution in [2.24, 2.45) is 0 Å². The number of carbonyl (C=O) groups excluding carboxylic acids is 3. The lowest BCUT2D eigenvalue weighted by molar-refractivity contribution is -0.126. The molecule has 0 spiro atoms. The number of aryl methyl sites for hydroxylation is 1. The SMILES string of the molecule is CCc1ccccc1N(C(=O)CNC(=O)c1ccco1)[C@@H](C(=O)NC1CCCC1)c1ccccc1. The summed E-state index contributed by atoms with van der Waals surface area (Å²) in [5, 5.41) is 5.81. The molecule has 0 bridgehead atoms. The van der Waals surface area contributed by atoms with Gasteiger partial charge in [-0.1, -0.05) is 68.3 Å². The molecular formula is C28H31N3O4. The number of nitrogens with zero attached hydrogens (tertiary/aromatic N) is 1. The van der Waals surface area contributed by atoms with Gasteiger partial charge in [-0.15, -0.1) is 0 Å². The van der Waals surface area contributed by atoms with Gasteiger partial charge >= 0.3 is 0 Å². The highest BCUT2D eigenvalue weighted by Crippen LogP contribution is 2.32. The normalized spacial score (nSPS) is 14.3. The van der Waals surface area contributed by atoms with Gasteiger partial charge in [0.05, 0.1) is 12.8 Å². The zero-order valence-electron chi connectivity index (χ0n) is 19.9. The van der Waals surface area contributed by atoms with Crippen LogP contribution < -0.4 is 15.5 Å². The molecule has 0 aliphatic heterocycles. The predicted molar refractivity (Wildman–Crippen MR) is 134 cm³/mol. The third-order valence-corrected chi connectivity index (χ3v) is 6.37. The lowest BCUT2D eigenvalue weighted by Crippen LogP contribution is -2.49. The van der Waals surface area contributed by atoms with E-state index in [9.17, 15) is 14.4 Å². The molecule has 2 aromatic carbocycles. The van der Waals surface area contributed by atoms with E-state index < -0.39 is 11.9 Å². The van der Waals surface area contributed by atoms with Crippen LogP contribution in [0.25, 0.3) is 0 Å². The zero-order chi connectivity index (χ0) is 24.6. The van der Waals surface area contributed by atoms with Crippen LogP contribution in [0.5, 0.6) is 0 Å². The largest absolute Gasteiger partial charge is 0.459 e. The Morgan fingerprint density at radius 2 is 1.69 bits per heavy atom. The summed E-state index contributed by atoms with van der Waals surface area (Å²) in [7, 11) is 0. The van der Waals surface area contributed by atoms with Gasteiger partial charge in [-0.25, -0.2) is 0 Å². The molecule has 0 radical (unpaired) electrons. The van der Waals surface area contributed by atoms with Gasteiger partial charge in [0.15, 0.2) is 5.76 Å². The van der Waals surface area contributed by atoms with Crippen molar-refractivity contribution in [3.8, 4) is 0 Å². The molecule has 3 amide bonds. The predicted octanol–water partition coefficient (Wildman–Crippen LogP) is 4.41. The molecule has 1 fully saturated rings. The van der Waals surface area contributed by atoms with Crippen LogP contribution in [-0.4, -0.2) is 30.3 Å². The Hall–Kier alpha value is -3.87. The molecule has 1 aromatic heterocycles. The quantitative estimate of drug-likeness (QED) is 0.482. The van der Waals surface area contributed by atoms with Crippen LogP contribution in [0.2, 0.25) is 0 Å². The first-order valence-corrected chi connectivity index (χ1v) is 12.2. The minimum absolute atomic E-state index is 0.103. The third-order valence-electron chi connectivity index (χ3n) is 6.37. The highest BCUT2D eigenvalue weighted by molar-refractivity contribution is 6.04. The van der Waals surface area contributed by atoms with Crippen molar-refractivity contribution in [1.82, 2.24) is 10.6 Å². The van der Waals surface area contributed by atoms with E-state index in [1.807, 2.05) is 61.5 Å². The summed E-state index contributed by atoms with van der Waals surface area (Å²) in [5.41, 5.74) is 2.30. The molecule has 1 saturated carbocycles. The number of rotatable bonds is 9. The summed E-state index contributed by atoms with van der Waals surface area (Å²) in [5.74, 6) is -0.975. The van der Waals surface area contributed by atoms with E-state index in [2.05, 4.69) is 10.6 Å². The molecule has 182 valence electrons. The second-order valence-electron chi connectivity index (χ2n) is 8.71. The van der Waals surface area contributed by atoms with E-state index in [1.54, 1.807) is 6.07 Å². The van der Waals surface area contributed by atoms with Crippen LogP contribution in [0.1, 0.15) is 60.3 Å². The fourth-order valence-electron chi connectivity index (χ4n) is 4.60. The fourth-order valence-corrected chi connectivity index (χ4v) is 4.60. The molecule has 1 atom stereocenters. The maximum Gasteiger partial charge on any atom is 0.287 e.